The Bertz CT molecular complexity index is 1050. The van der Waals surface area contributed by atoms with Crippen LogP contribution in [0.2, 0.25) is 0 Å². The van der Waals surface area contributed by atoms with Crippen molar-refractivity contribution in [3.05, 3.63) is 33.4 Å². The summed E-state index contributed by atoms with van der Waals surface area (Å²) in [6, 6.07) is 1.81. The molecular formula is C23H33N5O4. The predicted octanol–water partition coefficient (Wildman–Crippen LogP) is 1.83. The van der Waals surface area contributed by atoms with Gasteiger partial charge < -0.3 is 14.5 Å². The topological polar surface area (TPSA) is 100 Å². The van der Waals surface area contributed by atoms with Gasteiger partial charge in [0.2, 0.25) is 11.8 Å². The van der Waals surface area contributed by atoms with Crippen LogP contribution in [0.3, 0.4) is 0 Å². The fourth-order valence-electron chi connectivity index (χ4n) is 4.66. The quantitative estimate of drug-likeness (QED) is 0.734. The molecule has 1 N–H and O–H groups in total. The van der Waals surface area contributed by atoms with Gasteiger partial charge in [-0.2, -0.15) is 0 Å². The van der Waals surface area contributed by atoms with Crippen LogP contribution in [0.25, 0.3) is 5.65 Å². The number of carbonyl (C=O) groups is 2. The number of amides is 2. The first-order valence-electron chi connectivity index (χ1n) is 11.7. The number of H-pyrrole nitrogens is 1. The maximum Gasteiger partial charge on any atom is 0.276 e. The van der Waals surface area contributed by atoms with E-state index in [0.29, 0.717) is 49.6 Å². The molecule has 2 saturated heterocycles. The molecule has 32 heavy (non-hydrogen) atoms. The Morgan fingerprint density at radius 1 is 1.28 bits per heavy atom. The van der Waals surface area contributed by atoms with Crippen molar-refractivity contribution in [1.82, 2.24) is 24.4 Å². The largest absolute Gasteiger partial charge is 0.378 e. The van der Waals surface area contributed by atoms with Gasteiger partial charge in [0.15, 0.2) is 5.65 Å². The van der Waals surface area contributed by atoms with Crippen molar-refractivity contribution in [3.8, 4) is 0 Å². The molecule has 2 aromatic heterocycles. The van der Waals surface area contributed by atoms with E-state index < -0.39 is 0 Å². The Balaban J connectivity index is 1.55. The van der Waals surface area contributed by atoms with Gasteiger partial charge >= 0.3 is 0 Å². The van der Waals surface area contributed by atoms with Gasteiger partial charge in [-0.05, 0) is 32.6 Å². The number of carbonyl (C=O) groups excluding carboxylic acids is 2. The molecule has 0 aliphatic carbocycles. The molecule has 2 aliphatic heterocycles. The van der Waals surface area contributed by atoms with Gasteiger partial charge in [0, 0.05) is 49.3 Å². The first-order valence-corrected chi connectivity index (χ1v) is 11.7. The van der Waals surface area contributed by atoms with Gasteiger partial charge in [-0.15, -0.1) is 0 Å². The number of aromatic nitrogens is 3. The van der Waals surface area contributed by atoms with Crippen LogP contribution in [0.15, 0.2) is 10.9 Å². The van der Waals surface area contributed by atoms with E-state index in [2.05, 4.69) is 10.1 Å². The highest BCUT2D eigenvalue weighted by Gasteiger charge is 2.33. The molecule has 0 spiro atoms. The van der Waals surface area contributed by atoms with Crippen molar-refractivity contribution in [2.75, 3.05) is 32.8 Å². The maximum absolute atomic E-state index is 13.2. The fraction of sp³-hybridized carbons (Fsp3) is 0.652. The molecule has 2 aliphatic rings. The highest BCUT2D eigenvalue weighted by atomic mass is 16.5. The van der Waals surface area contributed by atoms with Gasteiger partial charge in [0.25, 0.3) is 5.56 Å². The molecule has 2 fully saturated rings. The van der Waals surface area contributed by atoms with Crippen molar-refractivity contribution in [1.29, 1.82) is 0 Å². The fourth-order valence-corrected chi connectivity index (χ4v) is 4.66. The molecule has 9 heteroatoms. The number of morpholine rings is 1. The van der Waals surface area contributed by atoms with Crippen LogP contribution in [0.5, 0.6) is 0 Å². The van der Waals surface area contributed by atoms with E-state index in [1.807, 2.05) is 31.7 Å². The Morgan fingerprint density at radius 3 is 2.75 bits per heavy atom. The van der Waals surface area contributed by atoms with E-state index in [9.17, 15) is 14.4 Å². The lowest BCUT2D eigenvalue weighted by molar-refractivity contribution is -0.136. The molecule has 0 radical (unpaired) electrons. The maximum atomic E-state index is 13.2. The summed E-state index contributed by atoms with van der Waals surface area (Å²) in [7, 11) is 0. The number of likely N-dealkylation sites (tertiary alicyclic amines) is 1. The molecule has 0 bridgehead atoms. The van der Waals surface area contributed by atoms with Crippen molar-refractivity contribution >= 4 is 17.5 Å². The number of aromatic amines is 1. The van der Waals surface area contributed by atoms with E-state index in [4.69, 9.17) is 4.74 Å². The summed E-state index contributed by atoms with van der Waals surface area (Å²) >= 11 is 0. The summed E-state index contributed by atoms with van der Waals surface area (Å²) in [6.45, 7) is 8.85. The summed E-state index contributed by atoms with van der Waals surface area (Å²) in [5, 5.41) is 3.20. The van der Waals surface area contributed by atoms with E-state index in [1.165, 1.54) is 4.52 Å². The first-order chi connectivity index (χ1) is 15.4. The lowest BCUT2D eigenvalue weighted by Gasteiger charge is -2.26. The van der Waals surface area contributed by atoms with Crippen LogP contribution < -0.4 is 5.56 Å². The van der Waals surface area contributed by atoms with Crippen LogP contribution >= 0.6 is 0 Å². The van der Waals surface area contributed by atoms with Crippen molar-refractivity contribution < 1.29 is 14.3 Å². The number of rotatable bonds is 6. The molecule has 4 rings (SSSR count). The number of aryl methyl sites for hydroxylation is 1. The van der Waals surface area contributed by atoms with Crippen LogP contribution in [0.1, 0.15) is 62.5 Å². The number of nitrogens with one attached hydrogen (secondary N) is 1. The van der Waals surface area contributed by atoms with Gasteiger partial charge in [0.05, 0.1) is 24.9 Å². The first kappa shape index (κ1) is 22.5. The zero-order chi connectivity index (χ0) is 22.8. The third kappa shape index (κ3) is 4.30. The minimum atomic E-state index is -0.175. The smallest absolute Gasteiger partial charge is 0.276 e. The average molecular weight is 444 g/mol. The zero-order valence-corrected chi connectivity index (χ0v) is 19.2. The molecule has 2 atom stereocenters. The normalized spacial score (nSPS) is 20.2. The molecule has 174 valence electrons. The van der Waals surface area contributed by atoms with Crippen LogP contribution in [0, 0.1) is 12.8 Å². The summed E-state index contributed by atoms with van der Waals surface area (Å²) in [6.07, 6.45) is 3.24. The SMILES string of the molecule is CC[C@@H](C)C(=O)N1CCC[C@@H]1c1cc2nc(C)c(CCC(=O)N3CCOCC3)c(=O)n2[nH]1. The lowest BCUT2D eigenvalue weighted by atomic mass is 10.1. The Labute approximate surface area is 187 Å². The number of fused-ring (bicyclic) bond motifs is 1. The molecule has 4 heterocycles. The second-order valence-electron chi connectivity index (χ2n) is 8.88. The highest BCUT2D eigenvalue weighted by Crippen LogP contribution is 2.33. The second-order valence-corrected chi connectivity index (χ2v) is 8.88. The van der Waals surface area contributed by atoms with Crippen molar-refractivity contribution in [2.45, 2.75) is 58.9 Å². The van der Waals surface area contributed by atoms with Crippen LogP contribution in [-0.4, -0.2) is 69.1 Å². The molecular weight excluding hydrogens is 410 g/mol. The summed E-state index contributed by atoms with van der Waals surface area (Å²) in [5.74, 6) is 0.181. The van der Waals surface area contributed by atoms with Gasteiger partial charge in [-0.1, -0.05) is 13.8 Å². The Morgan fingerprint density at radius 2 is 2.03 bits per heavy atom. The summed E-state index contributed by atoms with van der Waals surface area (Å²) in [4.78, 5) is 46.9. The molecule has 2 aromatic rings. The number of hydrogen-bond acceptors (Lipinski definition) is 5. The Hall–Kier alpha value is -2.68. The standard InChI is InChI=1S/C23H33N5O4/c1-4-15(2)22(30)27-9-5-6-19(27)18-14-20-24-16(3)17(23(31)28(20)25-18)7-8-21(29)26-10-12-32-13-11-26/h14-15,19,25H,4-13H2,1-3H3/t15-,19-/m1/s1. The summed E-state index contributed by atoms with van der Waals surface area (Å²) in [5.41, 5.74) is 2.41. The second kappa shape index (κ2) is 9.44. The molecule has 0 unspecified atom stereocenters. The minimum Gasteiger partial charge on any atom is -0.378 e. The van der Waals surface area contributed by atoms with Gasteiger partial charge in [-0.25, -0.2) is 9.50 Å². The lowest BCUT2D eigenvalue weighted by Crippen LogP contribution is -2.41. The number of ether oxygens (including phenoxy) is 1. The van der Waals surface area contributed by atoms with Gasteiger partial charge in [0.1, 0.15) is 0 Å². The Kier molecular flexibility index (Phi) is 6.64. The van der Waals surface area contributed by atoms with E-state index in [0.717, 1.165) is 31.5 Å². The van der Waals surface area contributed by atoms with Gasteiger partial charge in [-0.3, -0.25) is 19.5 Å². The monoisotopic (exact) mass is 443 g/mol. The van der Waals surface area contributed by atoms with Crippen molar-refractivity contribution in [2.24, 2.45) is 5.92 Å². The highest BCUT2D eigenvalue weighted by molar-refractivity contribution is 5.79. The molecule has 0 saturated carbocycles. The number of nitrogens with zero attached hydrogens (tertiary/aromatic N) is 4. The molecule has 9 nitrogen and oxygen atoms in total. The van der Waals surface area contributed by atoms with E-state index in [-0.39, 0.29) is 35.8 Å². The molecule has 2 amide bonds. The van der Waals surface area contributed by atoms with Crippen LogP contribution in [0.4, 0.5) is 0 Å². The zero-order valence-electron chi connectivity index (χ0n) is 19.2. The molecule has 0 aromatic carbocycles. The van der Waals surface area contributed by atoms with Crippen molar-refractivity contribution in [3.63, 3.8) is 0 Å². The van der Waals surface area contributed by atoms with E-state index in [1.54, 1.807) is 4.90 Å². The minimum absolute atomic E-state index is 0.0151. The average Bonchev–Trinajstić information content (AvgIpc) is 3.45. The van der Waals surface area contributed by atoms with Crippen LogP contribution in [-0.2, 0) is 20.7 Å². The van der Waals surface area contributed by atoms with E-state index >= 15 is 0 Å². The summed E-state index contributed by atoms with van der Waals surface area (Å²) < 4.78 is 6.76. The number of hydrogen-bond donors (Lipinski definition) is 1. The third-order valence-electron chi connectivity index (χ3n) is 6.82. The predicted molar refractivity (Wildman–Crippen MR) is 119 cm³/mol. The third-order valence-corrected chi connectivity index (χ3v) is 6.82.